The van der Waals surface area contributed by atoms with Crippen molar-refractivity contribution in [1.82, 2.24) is 9.88 Å². The molecule has 3 heterocycles. The zero-order chi connectivity index (χ0) is 17.4. The smallest absolute Gasteiger partial charge is 0.259 e. The van der Waals surface area contributed by atoms with Gasteiger partial charge in [-0.25, -0.2) is 0 Å². The van der Waals surface area contributed by atoms with Crippen LogP contribution < -0.4 is 5.32 Å². The van der Waals surface area contributed by atoms with Crippen molar-refractivity contribution in [1.29, 1.82) is 0 Å². The number of aryl methyl sites for hydroxylation is 1. The Morgan fingerprint density at radius 1 is 1.28 bits per heavy atom. The Hall–Kier alpha value is -2.53. The first kappa shape index (κ1) is 16.0. The molecule has 1 aromatic carbocycles. The molecule has 2 aromatic heterocycles. The summed E-state index contributed by atoms with van der Waals surface area (Å²) >= 11 is 0. The van der Waals surface area contributed by atoms with Gasteiger partial charge in [0.15, 0.2) is 0 Å². The number of hydrogen-bond acceptors (Lipinski definition) is 3. The minimum absolute atomic E-state index is 0.137. The molecule has 1 amide bonds. The molecule has 0 radical (unpaired) electrons. The van der Waals surface area contributed by atoms with E-state index < -0.39 is 0 Å². The predicted octanol–water partition coefficient (Wildman–Crippen LogP) is 4.13. The number of carbonyl (C=O) groups is 1. The van der Waals surface area contributed by atoms with Crippen molar-refractivity contribution in [2.24, 2.45) is 0 Å². The van der Waals surface area contributed by atoms with Crippen LogP contribution in [0.4, 0.5) is 5.69 Å². The van der Waals surface area contributed by atoms with Crippen molar-refractivity contribution < 1.29 is 9.21 Å². The number of benzene rings is 1. The molecule has 25 heavy (non-hydrogen) atoms. The Labute approximate surface area is 147 Å². The summed E-state index contributed by atoms with van der Waals surface area (Å²) < 4.78 is 5.22. The van der Waals surface area contributed by atoms with Gasteiger partial charge in [-0.1, -0.05) is 0 Å². The lowest BCUT2D eigenvalue weighted by Crippen LogP contribution is -2.29. The predicted molar refractivity (Wildman–Crippen MR) is 99.2 cm³/mol. The minimum Gasteiger partial charge on any atom is -0.469 e. The number of H-pyrrole nitrogens is 1. The summed E-state index contributed by atoms with van der Waals surface area (Å²) in [4.78, 5) is 18.2. The first-order chi connectivity index (χ1) is 12.1. The molecule has 4 rings (SSSR count). The number of hydrogen-bond donors (Lipinski definition) is 2. The topological polar surface area (TPSA) is 61.3 Å². The molecule has 0 spiro atoms. The molecule has 0 saturated carbocycles. The summed E-state index contributed by atoms with van der Waals surface area (Å²) in [5.41, 5.74) is 3.86. The molecule has 1 aliphatic rings. The van der Waals surface area contributed by atoms with Crippen LogP contribution in [0.15, 0.2) is 41.1 Å². The van der Waals surface area contributed by atoms with E-state index in [-0.39, 0.29) is 5.91 Å². The highest BCUT2D eigenvalue weighted by atomic mass is 16.3. The summed E-state index contributed by atoms with van der Waals surface area (Å²) in [6.45, 7) is 4.06. The molecule has 0 bridgehead atoms. The highest BCUT2D eigenvalue weighted by Gasteiger charge is 2.21. The fourth-order valence-corrected chi connectivity index (χ4v) is 3.70. The summed E-state index contributed by atoms with van der Waals surface area (Å²) in [5, 5.41) is 4.19. The number of likely N-dealkylation sites (tertiary alicyclic amines) is 1. The fourth-order valence-electron chi connectivity index (χ4n) is 3.70. The summed E-state index contributed by atoms with van der Waals surface area (Å²) in [6, 6.07) is 7.74. The van der Waals surface area contributed by atoms with E-state index in [0.717, 1.165) is 24.3 Å². The highest BCUT2D eigenvalue weighted by molar-refractivity contribution is 6.05. The monoisotopic (exact) mass is 337 g/mol. The third-order valence-corrected chi connectivity index (χ3v) is 5.23. The van der Waals surface area contributed by atoms with Crippen LogP contribution in [0.25, 0.3) is 10.9 Å². The van der Waals surface area contributed by atoms with Crippen LogP contribution in [-0.4, -0.2) is 35.9 Å². The maximum atomic E-state index is 12.4. The zero-order valence-electron chi connectivity index (χ0n) is 14.6. The fraction of sp³-hybridized carbons (Fsp3) is 0.350. The van der Waals surface area contributed by atoms with Crippen molar-refractivity contribution in [2.75, 3.05) is 25.5 Å². The number of fused-ring (bicyclic) bond motifs is 1. The second-order valence-corrected chi connectivity index (χ2v) is 6.93. The van der Waals surface area contributed by atoms with E-state index in [1.165, 1.54) is 30.1 Å². The van der Waals surface area contributed by atoms with Crippen molar-refractivity contribution in [3.8, 4) is 0 Å². The lowest BCUT2D eigenvalue weighted by molar-refractivity contribution is 0.102. The highest BCUT2D eigenvalue weighted by Crippen LogP contribution is 2.34. The third-order valence-electron chi connectivity index (χ3n) is 5.23. The molecular weight excluding hydrogens is 314 g/mol. The van der Waals surface area contributed by atoms with E-state index in [2.05, 4.69) is 34.5 Å². The number of nitrogens with one attached hydrogen (secondary N) is 2. The van der Waals surface area contributed by atoms with Gasteiger partial charge >= 0.3 is 0 Å². The van der Waals surface area contributed by atoms with Gasteiger partial charge in [0.25, 0.3) is 5.91 Å². The average Bonchev–Trinajstić information content (AvgIpc) is 3.21. The molecule has 5 nitrogen and oxygen atoms in total. The van der Waals surface area contributed by atoms with Crippen LogP contribution in [-0.2, 0) is 0 Å². The molecule has 3 aromatic rings. The summed E-state index contributed by atoms with van der Waals surface area (Å²) in [6.07, 6.45) is 6.02. The molecule has 0 atom stereocenters. The molecule has 0 aliphatic carbocycles. The van der Waals surface area contributed by atoms with Crippen LogP contribution in [0.2, 0.25) is 0 Å². The van der Waals surface area contributed by atoms with Crippen molar-refractivity contribution >= 4 is 22.5 Å². The molecule has 1 fully saturated rings. The first-order valence-electron chi connectivity index (χ1n) is 8.77. The van der Waals surface area contributed by atoms with E-state index in [4.69, 9.17) is 4.42 Å². The van der Waals surface area contributed by atoms with Crippen molar-refractivity contribution in [2.45, 2.75) is 25.7 Å². The maximum absolute atomic E-state index is 12.4. The lowest BCUT2D eigenvalue weighted by Gasteiger charge is -2.28. The lowest BCUT2D eigenvalue weighted by atomic mass is 9.89. The standard InChI is InChI=1S/C20H23N3O2/c1-13-16(7-10-25-13)20(24)22-15-3-4-19-17(11-15)18(12-21-19)14-5-8-23(2)9-6-14/h3-4,7,10-12,14,21H,5-6,8-9H2,1-2H3,(H,22,24). The van der Waals surface area contributed by atoms with Gasteiger partial charge in [-0.2, -0.15) is 0 Å². The van der Waals surface area contributed by atoms with Gasteiger partial charge in [-0.05, 0) is 75.6 Å². The van der Waals surface area contributed by atoms with E-state index >= 15 is 0 Å². The van der Waals surface area contributed by atoms with E-state index in [9.17, 15) is 4.79 Å². The molecular formula is C20H23N3O2. The van der Waals surface area contributed by atoms with E-state index in [0.29, 0.717) is 17.2 Å². The van der Waals surface area contributed by atoms with Crippen LogP contribution in [0.5, 0.6) is 0 Å². The molecule has 5 heteroatoms. The van der Waals surface area contributed by atoms with Crippen LogP contribution in [0.1, 0.15) is 40.4 Å². The number of nitrogens with zero attached hydrogens (tertiary/aromatic N) is 1. The maximum Gasteiger partial charge on any atom is 0.259 e. The summed E-state index contributed by atoms with van der Waals surface area (Å²) in [7, 11) is 2.18. The molecule has 0 unspecified atom stereocenters. The second-order valence-electron chi connectivity index (χ2n) is 6.93. The molecule has 130 valence electrons. The normalized spacial score (nSPS) is 16.4. The quantitative estimate of drug-likeness (QED) is 0.755. The van der Waals surface area contributed by atoms with Gasteiger partial charge in [0.1, 0.15) is 5.76 Å². The van der Waals surface area contributed by atoms with Gasteiger partial charge < -0.3 is 19.6 Å². The van der Waals surface area contributed by atoms with Gasteiger partial charge in [-0.15, -0.1) is 0 Å². The Morgan fingerprint density at radius 2 is 2.08 bits per heavy atom. The van der Waals surface area contributed by atoms with Crippen LogP contribution >= 0.6 is 0 Å². The zero-order valence-corrected chi connectivity index (χ0v) is 14.6. The van der Waals surface area contributed by atoms with E-state index in [1.807, 2.05) is 12.1 Å². The number of anilines is 1. The number of piperidine rings is 1. The van der Waals surface area contributed by atoms with Gasteiger partial charge in [-0.3, -0.25) is 4.79 Å². The molecule has 1 saturated heterocycles. The number of amides is 1. The van der Waals surface area contributed by atoms with Crippen LogP contribution in [0.3, 0.4) is 0 Å². The van der Waals surface area contributed by atoms with Crippen molar-refractivity contribution in [3.05, 3.63) is 53.6 Å². The Bertz CT molecular complexity index is 901. The number of furan rings is 1. The Balaban J connectivity index is 1.60. The number of aromatic amines is 1. The first-order valence-corrected chi connectivity index (χ1v) is 8.77. The number of rotatable bonds is 3. The SMILES string of the molecule is Cc1occc1C(=O)Nc1ccc2[nH]cc(C3CCN(C)CC3)c2c1. The Kier molecular flexibility index (Phi) is 4.09. The van der Waals surface area contributed by atoms with Crippen LogP contribution in [0, 0.1) is 6.92 Å². The minimum atomic E-state index is -0.137. The van der Waals surface area contributed by atoms with E-state index in [1.54, 1.807) is 13.0 Å². The van der Waals surface area contributed by atoms with Gasteiger partial charge in [0, 0.05) is 22.8 Å². The molecule has 1 aliphatic heterocycles. The third kappa shape index (κ3) is 3.07. The van der Waals surface area contributed by atoms with Gasteiger partial charge in [0.2, 0.25) is 0 Å². The Morgan fingerprint density at radius 3 is 2.80 bits per heavy atom. The summed E-state index contributed by atoms with van der Waals surface area (Å²) in [5.74, 6) is 1.07. The largest absolute Gasteiger partial charge is 0.469 e. The van der Waals surface area contributed by atoms with Gasteiger partial charge in [0.05, 0.1) is 11.8 Å². The van der Waals surface area contributed by atoms with Crippen molar-refractivity contribution in [3.63, 3.8) is 0 Å². The molecule has 2 N–H and O–H groups in total. The second kappa shape index (κ2) is 6.41. The number of carbonyl (C=O) groups excluding carboxylic acids is 1. The number of aromatic nitrogens is 1. The average molecular weight is 337 g/mol.